The fourth-order valence-corrected chi connectivity index (χ4v) is 4.43. The molecule has 0 aromatic rings. The van der Waals surface area contributed by atoms with Crippen molar-refractivity contribution in [3.8, 4) is 0 Å². The second-order valence-corrected chi connectivity index (χ2v) is 12.2. The number of likely N-dealkylation sites (tertiary alicyclic amines) is 2. The van der Waals surface area contributed by atoms with Crippen LogP contribution in [0.5, 0.6) is 0 Å². The van der Waals surface area contributed by atoms with Gasteiger partial charge in [-0.2, -0.15) is 0 Å². The molecule has 0 N–H and O–H groups in total. The number of ether oxygens (including phenoxy) is 2. The van der Waals surface area contributed by atoms with E-state index in [4.69, 9.17) is 14.3 Å². The fraction of sp³-hybridized carbons (Fsp3) is 0.724. The Bertz CT molecular complexity index is 901. The molecule has 39 heavy (non-hydrogen) atoms. The zero-order valence-corrected chi connectivity index (χ0v) is 25.4. The lowest BCUT2D eigenvalue weighted by Crippen LogP contribution is -2.50. The largest absolute Gasteiger partial charge is 0.444 e. The van der Waals surface area contributed by atoms with Crippen LogP contribution in [0, 0.1) is 10.8 Å². The van der Waals surface area contributed by atoms with Gasteiger partial charge in [-0.1, -0.05) is 12.2 Å². The Balaban J connectivity index is 0.000000395. The molecule has 2 aliphatic rings. The third-order valence-corrected chi connectivity index (χ3v) is 7.08. The van der Waals surface area contributed by atoms with E-state index in [1.54, 1.807) is 35.9 Å². The quantitative estimate of drug-likeness (QED) is 0.350. The van der Waals surface area contributed by atoms with Crippen molar-refractivity contribution in [3.05, 3.63) is 25.3 Å². The van der Waals surface area contributed by atoms with Crippen molar-refractivity contribution in [1.82, 2.24) is 14.9 Å². The Labute approximate surface area is 234 Å². The van der Waals surface area contributed by atoms with Gasteiger partial charge in [0.05, 0.1) is 12.5 Å². The van der Waals surface area contributed by atoms with Gasteiger partial charge in [-0.3, -0.25) is 14.4 Å². The predicted octanol–water partition coefficient (Wildman–Crippen LogP) is 4.99. The van der Waals surface area contributed by atoms with Gasteiger partial charge in [-0.05, 0) is 74.1 Å². The summed E-state index contributed by atoms with van der Waals surface area (Å²) in [5.41, 5.74) is -2.14. The molecule has 222 valence electrons. The van der Waals surface area contributed by atoms with E-state index in [1.807, 2.05) is 41.5 Å². The molecule has 0 unspecified atom stereocenters. The van der Waals surface area contributed by atoms with Gasteiger partial charge in [-0.15, -0.1) is 13.2 Å². The molecule has 0 aromatic carbocycles. The van der Waals surface area contributed by atoms with E-state index in [2.05, 4.69) is 13.2 Å². The van der Waals surface area contributed by atoms with Crippen LogP contribution < -0.4 is 0 Å². The van der Waals surface area contributed by atoms with Gasteiger partial charge in [0.2, 0.25) is 0 Å². The summed E-state index contributed by atoms with van der Waals surface area (Å²) in [6.07, 6.45) is 5.04. The van der Waals surface area contributed by atoms with E-state index in [0.29, 0.717) is 51.9 Å². The van der Waals surface area contributed by atoms with Crippen LogP contribution in [0.4, 0.5) is 9.59 Å². The van der Waals surface area contributed by atoms with Gasteiger partial charge in [0, 0.05) is 38.6 Å². The molecule has 10 nitrogen and oxygen atoms in total. The second kappa shape index (κ2) is 13.5. The number of nitrogens with zero attached hydrogens (tertiary/aromatic N) is 3. The Kier molecular flexibility index (Phi) is 11.8. The van der Waals surface area contributed by atoms with Crippen molar-refractivity contribution in [3.63, 3.8) is 0 Å². The molecule has 2 fully saturated rings. The number of rotatable bonds is 5. The first-order valence-electron chi connectivity index (χ1n) is 13.4. The highest BCUT2D eigenvalue weighted by Crippen LogP contribution is 2.35. The minimum Gasteiger partial charge on any atom is -0.444 e. The van der Waals surface area contributed by atoms with Crippen molar-refractivity contribution < 1.29 is 33.5 Å². The molecule has 2 aliphatic heterocycles. The number of carbonyl (C=O) groups is 4. The number of carbonyl (C=O) groups excluding carboxylic acids is 4. The molecule has 0 aliphatic carbocycles. The lowest BCUT2D eigenvalue weighted by Gasteiger charge is -2.40. The smallest absolute Gasteiger partial charge is 0.410 e. The number of hydroxylamine groups is 2. The number of ketones is 1. The molecule has 2 saturated heterocycles. The van der Waals surface area contributed by atoms with Gasteiger partial charge >= 0.3 is 12.2 Å². The van der Waals surface area contributed by atoms with Crippen LogP contribution in [0.2, 0.25) is 0 Å². The van der Waals surface area contributed by atoms with Gasteiger partial charge in [0.15, 0.2) is 0 Å². The second-order valence-electron chi connectivity index (χ2n) is 12.2. The van der Waals surface area contributed by atoms with Crippen LogP contribution in [0.3, 0.4) is 0 Å². The number of amides is 3. The lowest BCUT2D eigenvalue weighted by molar-refractivity contribution is -0.179. The standard InChI is InChI=1S/C15H26N2O4.C14H23NO3/c1-7-15(12(18)16(5)20-6)8-10-17(11-9-15)13(19)21-14(2,3)4;1-6-14(11(2)16)7-9-15(10-8-14)12(17)18-13(3,4)5/h7H,1,8-11H2,2-6H3;6H,1,7-10H2,2-5H3. The molecule has 2 rings (SSSR count). The Morgan fingerprint density at radius 2 is 1.08 bits per heavy atom. The van der Waals surface area contributed by atoms with Crippen LogP contribution >= 0.6 is 0 Å². The first-order chi connectivity index (χ1) is 17.8. The third-order valence-electron chi connectivity index (χ3n) is 7.08. The molecule has 0 spiro atoms. The third kappa shape index (κ3) is 9.67. The highest BCUT2D eigenvalue weighted by Gasteiger charge is 2.42. The summed E-state index contributed by atoms with van der Waals surface area (Å²) in [6.45, 7) is 22.2. The fourth-order valence-electron chi connectivity index (χ4n) is 4.43. The van der Waals surface area contributed by atoms with E-state index < -0.39 is 22.0 Å². The van der Waals surface area contributed by atoms with E-state index in [1.165, 1.54) is 12.2 Å². The highest BCUT2D eigenvalue weighted by atomic mass is 16.7. The maximum absolute atomic E-state index is 12.4. The Hall–Kier alpha value is -2.88. The summed E-state index contributed by atoms with van der Waals surface area (Å²) in [4.78, 5) is 56.2. The normalized spacial score (nSPS) is 18.6. The van der Waals surface area contributed by atoms with E-state index in [0.717, 1.165) is 0 Å². The monoisotopic (exact) mass is 551 g/mol. The average molecular weight is 552 g/mol. The maximum atomic E-state index is 12.4. The average Bonchev–Trinajstić information content (AvgIpc) is 2.86. The number of piperidine rings is 2. The van der Waals surface area contributed by atoms with Crippen LogP contribution in [0.15, 0.2) is 25.3 Å². The molecule has 3 amide bonds. The van der Waals surface area contributed by atoms with Crippen LogP contribution in [0.25, 0.3) is 0 Å². The summed E-state index contributed by atoms with van der Waals surface area (Å²) in [7, 11) is 3.03. The summed E-state index contributed by atoms with van der Waals surface area (Å²) >= 11 is 0. The topological polar surface area (TPSA) is 106 Å². The predicted molar refractivity (Wildman–Crippen MR) is 150 cm³/mol. The van der Waals surface area contributed by atoms with E-state index in [-0.39, 0.29) is 23.9 Å². The molecule has 10 heteroatoms. The molecule has 0 radical (unpaired) electrons. The summed E-state index contributed by atoms with van der Waals surface area (Å²) in [6, 6.07) is 0. The summed E-state index contributed by atoms with van der Waals surface area (Å²) in [5, 5.41) is 1.21. The van der Waals surface area contributed by atoms with Crippen molar-refractivity contribution >= 4 is 23.9 Å². The summed E-state index contributed by atoms with van der Waals surface area (Å²) in [5.74, 6) is -0.00909. The first-order valence-corrected chi connectivity index (χ1v) is 13.4. The zero-order valence-electron chi connectivity index (χ0n) is 25.4. The zero-order chi connectivity index (χ0) is 30.2. The van der Waals surface area contributed by atoms with E-state index in [9.17, 15) is 19.2 Å². The maximum Gasteiger partial charge on any atom is 0.410 e. The van der Waals surface area contributed by atoms with Gasteiger partial charge in [0.25, 0.3) is 5.91 Å². The minimum absolute atomic E-state index is 0.126. The first kappa shape index (κ1) is 34.1. The Morgan fingerprint density at radius 1 is 0.744 bits per heavy atom. The molecular formula is C29H49N3O7. The molecule has 0 aromatic heterocycles. The Morgan fingerprint density at radius 3 is 1.33 bits per heavy atom. The van der Waals surface area contributed by atoms with Crippen molar-refractivity contribution in [2.45, 2.75) is 85.4 Å². The number of allylic oxidation sites excluding steroid dienone is 1. The van der Waals surface area contributed by atoms with E-state index >= 15 is 0 Å². The number of hydrogen-bond donors (Lipinski definition) is 0. The molecular weight excluding hydrogens is 502 g/mol. The van der Waals surface area contributed by atoms with Crippen molar-refractivity contribution in [1.29, 1.82) is 0 Å². The van der Waals surface area contributed by atoms with Gasteiger partial charge < -0.3 is 19.3 Å². The van der Waals surface area contributed by atoms with Gasteiger partial charge in [0.1, 0.15) is 17.0 Å². The number of Topliss-reactive ketones (excluding diaryl/α,β-unsaturated/α-hetero) is 1. The number of hydrogen-bond acceptors (Lipinski definition) is 7. The highest BCUT2D eigenvalue weighted by molar-refractivity contribution is 5.85. The molecule has 0 atom stereocenters. The van der Waals surface area contributed by atoms with Crippen LogP contribution in [-0.4, -0.2) is 90.3 Å². The molecule has 0 bridgehead atoms. The molecule has 2 heterocycles. The summed E-state index contributed by atoms with van der Waals surface area (Å²) < 4.78 is 10.7. The van der Waals surface area contributed by atoms with Crippen molar-refractivity contribution in [2.24, 2.45) is 10.8 Å². The minimum atomic E-state index is -0.677. The lowest BCUT2D eigenvalue weighted by atomic mass is 9.75. The SMILES string of the molecule is C=CC1(C(=O)N(C)OC)CCN(C(=O)OC(C)(C)C)CC1.C=CC1(C(C)=O)CCN(C(=O)OC(C)(C)C)CC1. The van der Waals surface area contributed by atoms with Crippen LogP contribution in [0.1, 0.15) is 74.1 Å². The molecule has 0 saturated carbocycles. The van der Waals surface area contributed by atoms with Crippen LogP contribution in [-0.2, 0) is 23.9 Å². The van der Waals surface area contributed by atoms with Crippen molar-refractivity contribution in [2.75, 3.05) is 40.3 Å². The van der Waals surface area contributed by atoms with Gasteiger partial charge in [-0.25, -0.2) is 14.7 Å².